The first-order valence-corrected chi connectivity index (χ1v) is 17.0. The molecule has 0 saturated heterocycles. The number of ether oxygens (including phenoxy) is 4. The Morgan fingerprint density at radius 1 is 0.667 bits per heavy atom. The Balaban J connectivity index is 1.79. The van der Waals surface area contributed by atoms with Crippen LogP contribution in [0.3, 0.4) is 0 Å². The molecular weight excluding hydrogens is 608 g/mol. The molecule has 0 radical (unpaired) electrons. The van der Waals surface area contributed by atoms with Gasteiger partial charge in [-0.15, -0.1) is 0 Å². The zero-order valence-electron chi connectivity index (χ0n) is 28.2. The largest absolute Gasteiger partial charge is 0.494 e. The van der Waals surface area contributed by atoms with E-state index in [-0.39, 0.29) is 22.9 Å². The molecule has 0 unspecified atom stereocenters. The number of rotatable bonds is 15. The highest BCUT2D eigenvalue weighted by Gasteiger charge is 2.61. The van der Waals surface area contributed by atoms with Gasteiger partial charge in [0.25, 0.3) is 0 Å². The maximum atomic E-state index is 14.5. The van der Waals surface area contributed by atoms with Gasteiger partial charge in [0.05, 0.1) is 43.7 Å². The number of benzene rings is 2. The lowest BCUT2D eigenvalue weighted by Gasteiger charge is -2.49. The van der Waals surface area contributed by atoms with Crippen molar-refractivity contribution in [2.45, 2.75) is 59.3 Å². The maximum Gasteiger partial charge on any atom is 0.182 e. The third-order valence-corrected chi connectivity index (χ3v) is 8.87. The van der Waals surface area contributed by atoms with Crippen LogP contribution in [0.25, 0.3) is 6.08 Å². The van der Waals surface area contributed by atoms with E-state index in [0.717, 1.165) is 25.7 Å². The van der Waals surface area contributed by atoms with Crippen LogP contribution in [0.4, 0.5) is 0 Å². The van der Waals surface area contributed by atoms with Gasteiger partial charge in [-0.1, -0.05) is 45.9 Å². The molecule has 0 aromatic heterocycles. The number of hydrogen-bond donors (Lipinski definition) is 0. The van der Waals surface area contributed by atoms with E-state index in [9.17, 15) is 19.2 Å². The van der Waals surface area contributed by atoms with Crippen molar-refractivity contribution in [3.63, 3.8) is 0 Å². The van der Waals surface area contributed by atoms with Gasteiger partial charge in [0.2, 0.25) is 0 Å². The molecule has 0 heterocycles. The predicted octanol–water partition coefficient (Wildman–Crippen LogP) is 7.21. The summed E-state index contributed by atoms with van der Waals surface area (Å²) >= 11 is 0. The summed E-state index contributed by atoms with van der Waals surface area (Å²) in [5, 5.41) is 0. The summed E-state index contributed by atoms with van der Waals surface area (Å²) in [5.41, 5.74) is -0.133. The Hall–Kier alpha value is -4.72. The summed E-state index contributed by atoms with van der Waals surface area (Å²) < 4.78 is 24.2. The Morgan fingerprint density at radius 3 is 1.92 bits per heavy atom. The quantitative estimate of drug-likeness (QED) is 0.199. The average molecular weight is 653 g/mol. The number of allylic oxidation sites excluding steroid dienone is 7. The molecule has 2 aromatic carbocycles. The van der Waals surface area contributed by atoms with Crippen molar-refractivity contribution in [3.8, 4) is 23.0 Å². The molecule has 8 heteroatoms. The normalized spacial score (nSPS) is 23.2. The Labute approximate surface area is 282 Å². The molecule has 3 aliphatic rings. The third-order valence-electron chi connectivity index (χ3n) is 8.87. The van der Waals surface area contributed by atoms with Crippen molar-refractivity contribution >= 4 is 29.2 Å². The van der Waals surface area contributed by atoms with Crippen LogP contribution < -0.4 is 18.9 Å². The summed E-state index contributed by atoms with van der Waals surface area (Å²) in [5.74, 6) is -2.33. The lowest BCUT2D eigenvalue weighted by atomic mass is 9.49. The lowest BCUT2D eigenvalue weighted by Crippen LogP contribution is -2.55. The summed E-state index contributed by atoms with van der Waals surface area (Å²) in [4.78, 5) is 55.6. The van der Waals surface area contributed by atoms with Gasteiger partial charge in [0.15, 0.2) is 23.1 Å². The Bertz CT molecular complexity index is 1680. The summed E-state index contributed by atoms with van der Waals surface area (Å²) in [6, 6.07) is 11.0. The van der Waals surface area contributed by atoms with Crippen LogP contribution in [-0.2, 0) is 19.2 Å². The first kappa shape index (κ1) is 34.6. The number of ketones is 4. The minimum atomic E-state index is -1.59. The van der Waals surface area contributed by atoms with Crippen LogP contribution in [0, 0.1) is 17.3 Å². The van der Waals surface area contributed by atoms with E-state index >= 15 is 0 Å². The minimum Gasteiger partial charge on any atom is -0.494 e. The van der Waals surface area contributed by atoms with Gasteiger partial charge < -0.3 is 18.9 Å². The van der Waals surface area contributed by atoms with Crippen molar-refractivity contribution in [1.82, 2.24) is 0 Å². The Morgan fingerprint density at radius 2 is 1.25 bits per heavy atom. The molecule has 4 atom stereocenters. The highest BCUT2D eigenvalue weighted by atomic mass is 16.5. The number of carbonyl (C=O) groups is 4. The molecule has 252 valence electrons. The molecular formula is C40H44O8. The van der Waals surface area contributed by atoms with Crippen LogP contribution >= 0.6 is 0 Å². The number of carbonyl (C=O) groups excluding carboxylic acids is 4. The van der Waals surface area contributed by atoms with Crippen LogP contribution in [0.15, 0.2) is 78.4 Å². The van der Waals surface area contributed by atoms with Crippen molar-refractivity contribution in [2.75, 3.05) is 26.4 Å². The average Bonchev–Trinajstić information content (AvgIpc) is 3.10. The Kier molecular flexibility index (Phi) is 11.1. The third kappa shape index (κ3) is 6.80. The number of fused-ring (bicyclic) bond motifs is 3. The van der Waals surface area contributed by atoms with E-state index in [1.165, 1.54) is 24.3 Å². The highest BCUT2D eigenvalue weighted by molar-refractivity contribution is 6.21. The zero-order valence-corrected chi connectivity index (χ0v) is 28.2. The van der Waals surface area contributed by atoms with Crippen LogP contribution in [0.1, 0.15) is 70.4 Å². The topological polar surface area (TPSA) is 105 Å². The van der Waals surface area contributed by atoms with Gasteiger partial charge in [-0.2, -0.15) is 0 Å². The molecule has 0 saturated carbocycles. The monoisotopic (exact) mass is 652 g/mol. The van der Waals surface area contributed by atoms with Gasteiger partial charge in [-0.05, 0) is 86.4 Å². The molecule has 0 bridgehead atoms. The highest BCUT2D eigenvalue weighted by Crippen LogP contribution is 2.58. The summed E-state index contributed by atoms with van der Waals surface area (Å²) in [6.07, 6.45) is 13.3. The lowest BCUT2D eigenvalue weighted by molar-refractivity contribution is -0.140. The van der Waals surface area contributed by atoms with E-state index in [4.69, 9.17) is 18.9 Å². The van der Waals surface area contributed by atoms with E-state index in [1.54, 1.807) is 24.3 Å². The van der Waals surface area contributed by atoms with E-state index in [1.807, 2.05) is 58.0 Å². The molecule has 0 aliphatic heterocycles. The molecule has 8 nitrogen and oxygen atoms in total. The molecule has 0 fully saturated rings. The first-order valence-electron chi connectivity index (χ1n) is 17.0. The first-order chi connectivity index (χ1) is 23.3. The van der Waals surface area contributed by atoms with Crippen molar-refractivity contribution in [1.29, 1.82) is 0 Å². The SMILES string of the molecule is CCCOc1ccc(OCCC)c(/C=C/[C@]23C(=O)C=CC(=O)[C@H]2[C@H]2C(=O)C=CC(=O)C2=C[C@H]3c2cc(OCCC)ccc2OCCC)c1. The summed E-state index contributed by atoms with van der Waals surface area (Å²) in [7, 11) is 0. The molecule has 5 rings (SSSR count). The van der Waals surface area contributed by atoms with Crippen LogP contribution in [0.2, 0.25) is 0 Å². The van der Waals surface area contributed by atoms with Gasteiger partial charge in [0.1, 0.15) is 23.0 Å². The fourth-order valence-electron chi connectivity index (χ4n) is 6.69. The minimum absolute atomic E-state index is 0.209. The molecule has 3 aliphatic carbocycles. The van der Waals surface area contributed by atoms with Crippen LogP contribution in [0.5, 0.6) is 23.0 Å². The maximum absolute atomic E-state index is 14.5. The van der Waals surface area contributed by atoms with Crippen LogP contribution in [-0.4, -0.2) is 49.6 Å². The predicted molar refractivity (Wildman–Crippen MR) is 184 cm³/mol. The second-order valence-corrected chi connectivity index (χ2v) is 12.3. The van der Waals surface area contributed by atoms with Crippen molar-refractivity contribution in [2.24, 2.45) is 17.3 Å². The second-order valence-electron chi connectivity index (χ2n) is 12.3. The molecule has 0 spiro atoms. The smallest absolute Gasteiger partial charge is 0.182 e. The van der Waals surface area contributed by atoms with Crippen molar-refractivity contribution in [3.05, 3.63) is 89.6 Å². The molecule has 0 amide bonds. The van der Waals surface area contributed by atoms with E-state index < -0.39 is 29.0 Å². The van der Waals surface area contributed by atoms with Crippen molar-refractivity contribution < 1.29 is 38.1 Å². The van der Waals surface area contributed by atoms with E-state index in [0.29, 0.717) is 60.6 Å². The fourth-order valence-corrected chi connectivity index (χ4v) is 6.69. The van der Waals surface area contributed by atoms with Gasteiger partial charge in [-0.25, -0.2) is 0 Å². The molecule has 2 aromatic rings. The van der Waals surface area contributed by atoms with Gasteiger partial charge in [-0.3, -0.25) is 19.2 Å². The molecule has 0 N–H and O–H groups in total. The zero-order chi connectivity index (χ0) is 34.3. The van der Waals surface area contributed by atoms with E-state index in [2.05, 4.69) is 0 Å². The summed E-state index contributed by atoms with van der Waals surface area (Å²) in [6.45, 7) is 9.94. The van der Waals surface area contributed by atoms with Gasteiger partial charge >= 0.3 is 0 Å². The standard InChI is InChI=1S/C40H44O8/c1-5-19-45-27-9-14-35(47-21-7-3)26(23-27)17-18-40-31(29-24-28(46-20-6-2)10-15-36(29)48-22-8-4)25-30-32(41)11-12-33(42)38(30)39(40)34(43)13-16-37(40)44/h9-18,23-25,31,38-39H,5-8,19-22H2,1-4H3/b18-17+/t31-,38+,39-,40-/m0/s1. The fraction of sp³-hybridized carbons (Fsp3) is 0.400. The van der Waals surface area contributed by atoms with Gasteiger partial charge in [0, 0.05) is 22.6 Å². The second kappa shape index (κ2) is 15.5. The number of hydrogen-bond acceptors (Lipinski definition) is 8. The molecule has 48 heavy (non-hydrogen) atoms.